The fourth-order valence-corrected chi connectivity index (χ4v) is 3.82. The zero-order chi connectivity index (χ0) is 13.8. The van der Waals surface area contributed by atoms with Gasteiger partial charge < -0.3 is 10.6 Å². The maximum atomic E-state index is 12.0. The first-order chi connectivity index (χ1) is 9.83. The lowest BCUT2D eigenvalue weighted by Gasteiger charge is -2.18. The molecule has 3 aliphatic carbocycles. The fraction of sp³-hybridized carbons (Fsp3) is 0.941. The van der Waals surface area contributed by atoms with Crippen molar-refractivity contribution in [1.82, 2.24) is 10.6 Å². The van der Waals surface area contributed by atoms with Gasteiger partial charge in [0, 0.05) is 6.04 Å². The van der Waals surface area contributed by atoms with E-state index in [-0.39, 0.29) is 5.91 Å². The van der Waals surface area contributed by atoms with E-state index >= 15 is 0 Å². The summed E-state index contributed by atoms with van der Waals surface area (Å²) in [5.74, 6) is 3.02. The van der Waals surface area contributed by atoms with Gasteiger partial charge in [0.05, 0.1) is 6.54 Å². The van der Waals surface area contributed by atoms with Crippen LogP contribution in [0, 0.1) is 17.8 Å². The van der Waals surface area contributed by atoms with Crippen molar-refractivity contribution in [3.8, 4) is 0 Å². The van der Waals surface area contributed by atoms with Crippen molar-refractivity contribution in [3.63, 3.8) is 0 Å². The summed E-state index contributed by atoms with van der Waals surface area (Å²) in [5.41, 5.74) is 0. The van der Waals surface area contributed by atoms with Crippen LogP contribution in [-0.2, 0) is 4.79 Å². The molecule has 0 aromatic heterocycles. The maximum absolute atomic E-state index is 12.0. The number of amides is 1. The lowest BCUT2D eigenvalue weighted by Crippen LogP contribution is -2.41. The third-order valence-electron chi connectivity index (χ3n) is 5.34. The van der Waals surface area contributed by atoms with E-state index in [4.69, 9.17) is 0 Å². The summed E-state index contributed by atoms with van der Waals surface area (Å²) in [6, 6.07) is 0.439. The van der Waals surface area contributed by atoms with Gasteiger partial charge in [-0.3, -0.25) is 4.79 Å². The smallest absolute Gasteiger partial charge is 0.234 e. The molecule has 3 aliphatic rings. The van der Waals surface area contributed by atoms with Gasteiger partial charge >= 0.3 is 0 Å². The first-order valence-electron chi connectivity index (χ1n) is 8.83. The minimum Gasteiger partial charge on any atom is -0.352 e. The topological polar surface area (TPSA) is 41.1 Å². The van der Waals surface area contributed by atoms with Gasteiger partial charge in [0.15, 0.2) is 0 Å². The van der Waals surface area contributed by atoms with Gasteiger partial charge in [-0.25, -0.2) is 0 Å². The number of hydrogen-bond donors (Lipinski definition) is 2. The van der Waals surface area contributed by atoms with E-state index in [0.29, 0.717) is 12.6 Å². The normalized spacial score (nSPS) is 24.6. The second-order valence-corrected chi connectivity index (χ2v) is 7.23. The predicted octanol–water partition coefficient (Wildman–Crippen LogP) is 2.85. The molecular formula is C17H30N2O. The van der Waals surface area contributed by atoms with Crippen LogP contribution in [0.1, 0.15) is 64.2 Å². The lowest BCUT2D eigenvalue weighted by molar-refractivity contribution is -0.121. The molecule has 0 saturated heterocycles. The molecule has 0 heterocycles. The van der Waals surface area contributed by atoms with Gasteiger partial charge in [-0.05, 0) is 62.8 Å². The van der Waals surface area contributed by atoms with Crippen LogP contribution < -0.4 is 10.6 Å². The zero-order valence-electron chi connectivity index (χ0n) is 12.7. The highest BCUT2D eigenvalue weighted by atomic mass is 16.1. The Balaban J connectivity index is 1.31. The maximum Gasteiger partial charge on any atom is 0.234 e. The van der Waals surface area contributed by atoms with Crippen LogP contribution in [0.15, 0.2) is 0 Å². The molecule has 0 aromatic carbocycles. The van der Waals surface area contributed by atoms with Crippen molar-refractivity contribution in [2.75, 3.05) is 13.1 Å². The van der Waals surface area contributed by atoms with E-state index < -0.39 is 0 Å². The minimum atomic E-state index is 0.210. The van der Waals surface area contributed by atoms with E-state index in [9.17, 15) is 4.79 Å². The molecule has 2 N–H and O–H groups in total. The van der Waals surface area contributed by atoms with Gasteiger partial charge in [-0.2, -0.15) is 0 Å². The van der Waals surface area contributed by atoms with Gasteiger partial charge in [0.1, 0.15) is 0 Å². The molecule has 0 bridgehead atoms. The van der Waals surface area contributed by atoms with Crippen molar-refractivity contribution < 1.29 is 4.79 Å². The fourth-order valence-electron chi connectivity index (χ4n) is 3.82. The molecule has 20 heavy (non-hydrogen) atoms. The van der Waals surface area contributed by atoms with Gasteiger partial charge in [0.25, 0.3) is 0 Å². The Morgan fingerprint density at radius 2 is 1.50 bits per heavy atom. The Hall–Kier alpha value is -0.570. The molecule has 0 radical (unpaired) electrons. The molecule has 1 amide bonds. The summed E-state index contributed by atoms with van der Waals surface area (Å²) in [6.07, 6.45) is 13.3. The molecule has 0 aliphatic heterocycles. The van der Waals surface area contributed by atoms with E-state index in [0.717, 1.165) is 24.3 Å². The molecule has 3 rings (SSSR count). The lowest BCUT2D eigenvalue weighted by atomic mass is 9.98. The highest BCUT2D eigenvalue weighted by molar-refractivity contribution is 5.78. The van der Waals surface area contributed by atoms with Crippen LogP contribution >= 0.6 is 0 Å². The third kappa shape index (κ3) is 4.47. The van der Waals surface area contributed by atoms with Gasteiger partial charge in [0.2, 0.25) is 5.91 Å². The van der Waals surface area contributed by atoms with Crippen LogP contribution in [0.25, 0.3) is 0 Å². The molecule has 3 nitrogen and oxygen atoms in total. The molecule has 0 unspecified atom stereocenters. The molecule has 0 aromatic rings. The summed E-state index contributed by atoms with van der Waals surface area (Å²) in [4.78, 5) is 12.0. The molecule has 3 saturated carbocycles. The Labute approximate surface area is 123 Å². The second kappa shape index (κ2) is 6.93. The van der Waals surface area contributed by atoms with Crippen molar-refractivity contribution in [3.05, 3.63) is 0 Å². The Morgan fingerprint density at radius 1 is 0.900 bits per heavy atom. The average molecular weight is 278 g/mol. The summed E-state index contributed by atoms with van der Waals surface area (Å²) in [5, 5.41) is 6.64. The summed E-state index contributed by atoms with van der Waals surface area (Å²) >= 11 is 0. The first kappa shape index (κ1) is 14.4. The number of rotatable bonds is 7. The van der Waals surface area contributed by atoms with Crippen LogP contribution in [0.3, 0.4) is 0 Å². The standard InChI is InChI=1S/C17H30N2O/c20-17(19-15-5-3-1-2-4-6-15)12-18-11-16(13-7-8-13)14-9-10-14/h13-16,18H,1-12H2,(H,19,20). The molecule has 3 fully saturated rings. The third-order valence-corrected chi connectivity index (χ3v) is 5.34. The average Bonchev–Trinajstić information content (AvgIpc) is 3.31. The molecular weight excluding hydrogens is 248 g/mol. The van der Waals surface area contributed by atoms with E-state index in [2.05, 4.69) is 10.6 Å². The van der Waals surface area contributed by atoms with Crippen molar-refractivity contribution >= 4 is 5.91 Å². The molecule has 3 heteroatoms. The quantitative estimate of drug-likeness (QED) is 0.703. The predicted molar refractivity (Wildman–Crippen MR) is 81.4 cm³/mol. The van der Waals surface area contributed by atoms with E-state index in [1.165, 1.54) is 64.2 Å². The zero-order valence-corrected chi connectivity index (χ0v) is 12.7. The Kier molecular flexibility index (Phi) is 4.98. The first-order valence-corrected chi connectivity index (χ1v) is 8.83. The van der Waals surface area contributed by atoms with Crippen LogP contribution in [0.4, 0.5) is 0 Å². The van der Waals surface area contributed by atoms with Crippen molar-refractivity contribution in [1.29, 1.82) is 0 Å². The highest BCUT2D eigenvalue weighted by Gasteiger charge is 2.40. The Morgan fingerprint density at radius 3 is 2.05 bits per heavy atom. The van der Waals surface area contributed by atoms with Crippen LogP contribution in [-0.4, -0.2) is 25.0 Å². The molecule has 114 valence electrons. The van der Waals surface area contributed by atoms with E-state index in [1.54, 1.807) is 0 Å². The molecule has 0 atom stereocenters. The summed E-state index contributed by atoms with van der Waals surface area (Å²) in [7, 11) is 0. The minimum absolute atomic E-state index is 0.210. The largest absolute Gasteiger partial charge is 0.352 e. The monoisotopic (exact) mass is 278 g/mol. The number of nitrogens with one attached hydrogen (secondary N) is 2. The summed E-state index contributed by atoms with van der Waals surface area (Å²) < 4.78 is 0. The van der Waals surface area contributed by atoms with E-state index in [1.807, 2.05) is 0 Å². The van der Waals surface area contributed by atoms with Gasteiger partial charge in [-0.15, -0.1) is 0 Å². The number of hydrogen-bond acceptors (Lipinski definition) is 2. The van der Waals surface area contributed by atoms with Crippen molar-refractivity contribution in [2.24, 2.45) is 17.8 Å². The highest BCUT2D eigenvalue weighted by Crippen LogP contribution is 2.48. The number of carbonyl (C=O) groups is 1. The van der Waals surface area contributed by atoms with Crippen LogP contribution in [0.5, 0.6) is 0 Å². The SMILES string of the molecule is O=C(CNCC(C1CC1)C1CC1)NC1CCCCCC1. The van der Waals surface area contributed by atoms with Gasteiger partial charge in [-0.1, -0.05) is 25.7 Å². The second-order valence-electron chi connectivity index (χ2n) is 7.23. The number of carbonyl (C=O) groups excluding carboxylic acids is 1. The Bertz CT molecular complexity index is 303. The molecule has 0 spiro atoms. The van der Waals surface area contributed by atoms with Crippen LogP contribution in [0.2, 0.25) is 0 Å². The summed E-state index contributed by atoms with van der Waals surface area (Å²) in [6.45, 7) is 1.58. The van der Waals surface area contributed by atoms with Crippen molar-refractivity contribution in [2.45, 2.75) is 70.3 Å².